The Balaban J connectivity index is 3.33. The number of carbonyl (C=O) groups excluding carboxylic acids is 9. The number of esters is 3. The molecule has 69 heavy (non-hydrogen) atoms. The number of amides is 6. The van der Waals surface area contributed by atoms with E-state index in [1.807, 2.05) is 0 Å². The highest BCUT2D eigenvalue weighted by Crippen LogP contribution is 2.14. The standard InChI is InChI=1S/C42H66N6O21/c1-25-22-34(52)46(64)19-7-5-11-29(44-32(50)14-17-38(57)58)41(62)68-27(3)24-36(54)48(66)21-9-6-12-30(45-33(51)15-18-39(59)60)42(63)69-26(2)23-35(53)47(65)20-8-4-10-28(40(61)67-25)43-31(49)13-16-37(55)56/h25-30,64-66H,4-24H2,1-3H3,(H,43,49)(H,44,50)(H,45,51)(H,55,56)(H,57,58)(H,59,60)/t25-,26-,27-,28-,29-,30-/m1/s1. The molecule has 1 saturated heterocycles. The molecular weight excluding hydrogens is 924 g/mol. The molecule has 0 aromatic heterocycles. The van der Waals surface area contributed by atoms with Crippen molar-refractivity contribution in [2.24, 2.45) is 0 Å². The van der Waals surface area contributed by atoms with E-state index >= 15 is 0 Å². The highest BCUT2D eigenvalue weighted by Gasteiger charge is 2.30. The molecule has 0 aliphatic carbocycles. The van der Waals surface area contributed by atoms with Crippen LogP contribution in [0.15, 0.2) is 0 Å². The van der Waals surface area contributed by atoms with Crippen molar-refractivity contribution in [1.29, 1.82) is 0 Å². The SMILES string of the molecule is C[C@@H]1CC(=O)N(O)CCCC[C@@H](NC(=O)CCC(=O)O)C(=O)O[C@H](C)CC(=O)N(O)CCCC[C@@H](NC(=O)CCC(=O)O)C(=O)O[C@H](C)CC(=O)N(O)CCCC[C@@H](NC(=O)CCC(=O)O)C(=O)O1. The minimum absolute atomic E-state index is 0.0397. The number of carboxylic acid groups (broad SMARTS) is 3. The maximum absolute atomic E-state index is 13.2. The van der Waals surface area contributed by atoms with Crippen LogP contribution >= 0.6 is 0 Å². The lowest BCUT2D eigenvalue weighted by Gasteiger charge is -2.23. The van der Waals surface area contributed by atoms with E-state index in [1.54, 1.807) is 0 Å². The van der Waals surface area contributed by atoms with Gasteiger partial charge in [0.2, 0.25) is 35.4 Å². The van der Waals surface area contributed by atoms with Crippen LogP contribution in [-0.4, -0.2) is 173 Å². The molecule has 6 amide bonds. The fourth-order valence-electron chi connectivity index (χ4n) is 6.43. The monoisotopic (exact) mass is 990 g/mol. The van der Waals surface area contributed by atoms with Crippen LogP contribution in [-0.2, 0) is 71.7 Å². The third-order valence-electron chi connectivity index (χ3n) is 10.1. The van der Waals surface area contributed by atoms with E-state index < -0.39 is 165 Å². The van der Waals surface area contributed by atoms with Crippen LogP contribution in [0.25, 0.3) is 0 Å². The van der Waals surface area contributed by atoms with Gasteiger partial charge in [0.25, 0.3) is 0 Å². The number of aliphatic carboxylic acids is 3. The highest BCUT2D eigenvalue weighted by molar-refractivity contribution is 5.88. The Morgan fingerprint density at radius 1 is 0.435 bits per heavy atom. The van der Waals surface area contributed by atoms with Crippen molar-refractivity contribution in [2.75, 3.05) is 19.6 Å². The molecule has 0 spiro atoms. The number of hydrogen-bond acceptors (Lipinski definition) is 18. The summed E-state index contributed by atoms with van der Waals surface area (Å²) in [7, 11) is 0. The normalized spacial score (nSPS) is 23.7. The summed E-state index contributed by atoms with van der Waals surface area (Å²) in [6.07, 6.45) is -8.39. The molecule has 27 nitrogen and oxygen atoms in total. The Labute approximate surface area is 397 Å². The van der Waals surface area contributed by atoms with Gasteiger partial charge in [0.1, 0.15) is 36.4 Å². The molecule has 1 aliphatic heterocycles. The third-order valence-corrected chi connectivity index (χ3v) is 10.1. The maximum Gasteiger partial charge on any atom is 0.328 e. The Hall–Kier alpha value is -6.48. The van der Waals surface area contributed by atoms with Crippen molar-refractivity contribution in [3.63, 3.8) is 0 Å². The molecule has 9 N–H and O–H groups in total. The molecular formula is C42H66N6O21. The molecule has 1 rings (SSSR count). The number of cyclic esters (lactones) is 3. The molecule has 0 aromatic rings. The molecule has 1 fully saturated rings. The van der Waals surface area contributed by atoms with Crippen molar-refractivity contribution < 1.29 is 103 Å². The fourth-order valence-corrected chi connectivity index (χ4v) is 6.43. The Morgan fingerprint density at radius 3 is 0.884 bits per heavy atom. The number of carbonyl (C=O) groups is 12. The maximum atomic E-state index is 13.2. The van der Waals surface area contributed by atoms with Gasteiger partial charge in [-0.3, -0.25) is 58.8 Å². The minimum atomic E-state index is -1.37. The zero-order chi connectivity index (χ0) is 52.2. The molecule has 0 radical (unpaired) electrons. The first-order chi connectivity index (χ1) is 32.4. The van der Waals surface area contributed by atoms with E-state index in [9.17, 15) is 73.2 Å². The molecule has 0 aromatic carbocycles. The fraction of sp³-hybridized carbons (Fsp3) is 0.714. The average Bonchev–Trinajstić information content (AvgIpc) is 3.26. The average molecular weight is 991 g/mol. The minimum Gasteiger partial charge on any atom is -0.481 e. The zero-order valence-electron chi connectivity index (χ0n) is 39.0. The van der Waals surface area contributed by atoms with E-state index in [2.05, 4.69) is 16.0 Å². The van der Waals surface area contributed by atoms with E-state index in [0.29, 0.717) is 15.2 Å². The number of hydroxylamine groups is 6. The molecule has 0 bridgehead atoms. The zero-order valence-corrected chi connectivity index (χ0v) is 39.0. The van der Waals surface area contributed by atoms with Gasteiger partial charge in [-0.25, -0.2) is 29.6 Å². The molecule has 0 saturated carbocycles. The quantitative estimate of drug-likeness (QED) is 0.0715. The molecule has 1 heterocycles. The molecule has 27 heteroatoms. The summed E-state index contributed by atoms with van der Waals surface area (Å²) in [6, 6.07) is -4.12. The smallest absolute Gasteiger partial charge is 0.328 e. The van der Waals surface area contributed by atoms with Gasteiger partial charge in [0.15, 0.2) is 0 Å². The van der Waals surface area contributed by atoms with Crippen LogP contribution < -0.4 is 16.0 Å². The van der Waals surface area contributed by atoms with Gasteiger partial charge in [-0.2, -0.15) is 0 Å². The van der Waals surface area contributed by atoms with Crippen molar-refractivity contribution in [1.82, 2.24) is 31.1 Å². The number of ether oxygens (including phenoxy) is 3. The largest absolute Gasteiger partial charge is 0.481 e. The van der Waals surface area contributed by atoms with Gasteiger partial charge in [-0.15, -0.1) is 0 Å². The van der Waals surface area contributed by atoms with E-state index in [1.165, 1.54) is 20.8 Å². The van der Waals surface area contributed by atoms with Gasteiger partial charge in [-0.05, 0) is 78.6 Å². The van der Waals surface area contributed by atoms with E-state index in [0.717, 1.165) is 0 Å². The number of hydrogen-bond donors (Lipinski definition) is 9. The summed E-state index contributed by atoms with van der Waals surface area (Å²) in [5.74, 6) is -12.0. The Kier molecular flexibility index (Phi) is 28.3. The van der Waals surface area contributed by atoms with Gasteiger partial charge >= 0.3 is 35.8 Å². The third kappa shape index (κ3) is 27.2. The second kappa shape index (κ2) is 32.3. The van der Waals surface area contributed by atoms with Crippen molar-refractivity contribution in [3.8, 4) is 0 Å². The Bertz CT molecular complexity index is 1600. The first-order valence-corrected chi connectivity index (χ1v) is 22.5. The number of nitrogens with one attached hydrogen (secondary N) is 3. The lowest BCUT2D eigenvalue weighted by molar-refractivity contribution is -0.171. The van der Waals surface area contributed by atoms with Crippen molar-refractivity contribution in [3.05, 3.63) is 0 Å². The van der Waals surface area contributed by atoms with Crippen LogP contribution in [0.5, 0.6) is 0 Å². The van der Waals surface area contributed by atoms with Crippen LogP contribution in [0.4, 0.5) is 0 Å². The van der Waals surface area contributed by atoms with Gasteiger partial charge in [0.05, 0.1) is 38.5 Å². The lowest BCUT2D eigenvalue weighted by Crippen LogP contribution is -2.43. The van der Waals surface area contributed by atoms with Crippen LogP contribution in [0.1, 0.15) is 136 Å². The molecule has 1 aliphatic rings. The predicted octanol–water partition coefficient (Wildman–Crippen LogP) is 0.179. The number of nitrogens with zero attached hydrogens (tertiary/aromatic N) is 3. The topological polar surface area (TPSA) is 400 Å². The lowest BCUT2D eigenvalue weighted by atomic mass is 10.1. The summed E-state index contributed by atoms with van der Waals surface area (Å²) < 4.78 is 16.1. The van der Waals surface area contributed by atoms with Crippen LogP contribution in [0.2, 0.25) is 0 Å². The second-order valence-electron chi connectivity index (χ2n) is 16.4. The molecule has 390 valence electrons. The highest BCUT2D eigenvalue weighted by atomic mass is 16.6. The molecule has 0 unspecified atom stereocenters. The van der Waals surface area contributed by atoms with Gasteiger partial charge < -0.3 is 45.5 Å². The summed E-state index contributed by atoms with van der Waals surface area (Å²) in [5, 5.41) is 66.4. The van der Waals surface area contributed by atoms with Crippen LogP contribution in [0.3, 0.4) is 0 Å². The van der Waals surface area contributed by atoms with Gasteiger partial charge in [-0.1, -0.05) is 0 Å². The van der Waals surface area contributed by atoms with Crippen LogP contribution in [0, 0.1) is 0 Å². The van der Waals surface area contributed by atoms with Crippen molar-refractivity contribution >= 4 is 71.3 Å². The van der Waals surface area contributed by atoms with E-state index in [-0.39, 0.29) is 77.4 Å². The summed E-state index contributed by atoms with van der Waals surface area (Å²) >= 11 is 0. The second-order valence-corrected chi connectivity index (χ2v) is 16.4. The predicted molar refractivity (Wildman–Crippen MR) is 229 cm³/mol. The first kappa shape index (κ1) is 60.5. The Morgan fingerprint density at radius 2 is 0.667 bits per heavy atom. The number of rotatable bonds is 12. The first-order valence-electron chi connectivity index (χ1n) is 22.5. The summed E-state index contributed by atoms with van der Waals surface area (Å²) in [5.41, 5.74) is 0. The van der Waals surface area contributed by atoms with E-state index in [4.69, 9.17) is 29.5 Å². The number of carboxylic acids is 3. The summed E-state index contributed by atoms with van der Waals surface area (Å²) in [4.78, 5) is 149. The molecule has 6 atom stereocenters. The van der Waals surface area contributed by atoms with Crippen molar-refractivity contribution in [2.45, 2.75) is 173 Å². The summed E-state index contributed by atoms with van der Waals surface area (Å²) in [6.45, 7) is 3.06. The van der Waals surface area contributed by atoms with Gasteiger partial charge in [0, 0.05) is 38.9 Å².